The molecule has 4 N–H and O–H groups in total. The summed E-state index contributed by atoms with van der Waals surface area (Å²) in [6.45, 7) is 5.24. The van der Waals surface area contributed by atoms with Gasteiger partial charge in [-0.1, -0.05) is 25.5 Å². The molecule has 6 heteroatoms. The topological polar surface area (TPSA) is 89.4 Å². The fraction of sp³-hybridized carbons (Fsp3) is 0.538. The maximum absolute atomic E-state index is 11.7. The molecule has 1 aromatic carbocycles. The van der Waals surface area contributed by atoms with Crippen molar-refractivity contribution in [3.05, 3.63) is 24.3 Å². The highest BCUT2D eigenvalue weighted by Crippen LogP contribution is 2.26. The van der Waals surface area contributed by atoms with Crippen LogP contribution in [0.2, 0.25) is 0 Å². The lowest BCUT2D eigenvalue weighted by atomic mass is 10.1. The average Bonchev–Trinajstić information content (AvgIpc) is 2.35. The summed E-state index contributed by atoms with van der Waals surface area (Å²) in [6.07, 6.45) is 2.00. The number of rotatable bonds is 7. The molecule has 1 rings (SSSR count). The van der Waals surface area contributed by atoms with Gasteiger partial charge in [-0.3, -0.25) is 0 Å². The van der Waals surface area contributed by atoms with Gasteiger partial charge >= 0.3 is 0 Å². The summed E-state index contributed by atoms with van der Waals surface area (Å²) >= 11 is 0. The molecule has 0 aliphatic carbocycles. The number of nitrogens with zero attached hydrogens (tertiary/aromatic N) is 1. The van der Waals surface area contributed by atoms with Crippen molar-refractivity contribution in [3.63, 3.8) is 0 Å². The van der Waals surface area contributed by atoms with Crippen LogP contribution in [0.15, 0.2) is 29.2 Å². The smallest absolute Gasteiger partial charge is 0.240 e. The van der Waals surface area contributed by atoms with E-state index in [-0.39, 0.29) is 10.9 Å². The fourth-order valence-electron chi connectivity index (χ4n) is 2.23. The second-order valence-electron chi connectivity index (χ2n) is 4.63. The summed E-state index contributed by atoms with van der Waals surface area (Å²) in [5.41, 5.74) is 6.27. The van der Waals surface area contributed by atoms with Gasteiger partial charge in [-0.25, -0.2) is 13.6 Å². The first-order valence-electron chi connectivity index (χ1n) is 6.50. The highest BCUT2D eigenvalue weighted by Gasteiger charge is 2.21. The summed E-state index contributed by atoms with van der Waals surface area (Å²) in [4.78, 5) is 2.18. The molecular formula is C13H23N3O2S. The Balaban J connectivity index is 3.23. The third-order valence-electron chi connectivity index (χ3n) is 3.09. The molecule has 0 amide bonds. The summed E-state index contributed by atoms with van der Waals surface area (Å²) < 4.78 is 23.3. The zero-order valence-corrected chi connectivity index (χ0v) is 12.4. The van der Waals surface area contributed by atoms with E-state index in [0.29, 0.717) is 18.8 Å². The SMILES string of the molecule is CCCC(C)N(CCN)c1ccccc1S(N)(=O)=O. The van der Waals surface area contributed by atoms with Crippen LogP contribution < -0.4 is 15.8 Å². The van der Waals surface area contributed by atoms with Gasteiger partial charge in [-0.2, -0.15) is 0 Å². The lowest BCUT2D eigenvalue weighted by molar-refractivity contribution is 0.574. The van der Waals surface area contributed by atoms with Gasteiger partial charge in [0, 0.05) is 19.1 Å². The molecule has 0 spiro atoms. The number of primary sulfonamides is 1. The van der Waals surface area contributed by atoms with E-state index in [0.717, 1.165) is 12.8 Å². The maximum atomic E-state index is 11.7. The highest BCUT2D eigenvalue weighted by atomic mass is 32.2. The van der Waals surface area contributed by atoms with Crippen LogP contribution in [0.3, 0.4) is 0 Å². The van der Waals surface area contributed by atoms with E-state index in [2.05, 4.69) is 13.8 Å². The van der Waals surface area contributed by atoms with Crippen LogP contribution in [0.25, 0.3) is 0 Å². The fourth-order valence-corrected chi connectivity index (χ4v) is 2.97. The van der Waals surface area contributed by atoms with Gasteiger partial charge in [-0.05, 0) is 25.5 Å². The van der Waals surface area contributed by atoms with Crippen molar-refractivity contribution in [1.82, 2.24) is 0 Å². The Morgan fingerprint density at radius 3 is 2.47 bits per heavy atom. The number of hydrogen-bond donors (Lipinski definition) is 2. The van der Waals surface area contributed by atoms with Crippen molar-refractivity contribution in [1.29, 1.82) is 0 Å². The molecular weight excluding hydrogens is 262 g/mol. The van der Waals surface area contributed by atoms with Gasteiger partial charge in [-0.15, -0.1) is 0 Å². The summed E-state index contributed by atoms with van der Waals surface area (Å²) in [7, 11) is -3.73. The first-order chi connectivity index (χ1) is 8.91. The molecule has 0 aliphatic rings. The van der Waals surface area contributed by atoms with Crippen LogP contribution in [-0.4, -0.2) is 27.5 Å². The Morgan fingerprint density at radius 1 is 1.32 bits per heavy atom. The van der Waals surface area contributed by atoms with Crippen LogP contribution in [0.4, 0.5) is 5.69 Å². The minimum Gasteiger partial charge on any atom is -0.366 e. The number of sulfonamides is 1. The van der Waals surface area contributed by atoms with Crippen molar-refractivity contribution in [2.45, 2.75) is 37.6 Å². The lowest BCUT2D eigenvalue weighted by Crippen LogP contribution is -2.38. The normalized spacial score (nSPS) is 13.3. The van der Waals surface area contributed by atoms with Crippen molar-refractivity contribution in [2.24, 2.45) is 10.9 Å². The molecule has 0 aromatic heterocycles. The van der Waals surface area contributed by atoms with E-state index in [9.17, 15) is 8.42 Å². The van der Waals surface area contributed by atoms with E-state index in [1.807, 2.05) is 11.0 Å². The number of hydrogen-bond acceptors (Lipinski definition) is 4. The van der Waals surface area contributed by atoms with E-state index in [4.69, 9.17) is 10.9 Å². The Kier molecular flexibility index (Phi) is 5.78. The van der Waals surface area contributed by atoms with Crippen LogP contribution in [-0.2, 0) is 10.0 Å². The van der Waals surface area contributed by atoms with Crippen LogP contribution >= 0.6 is 0 Å². The minimum absolute atomic E-state index is 0.159. The lowest BCUT2D eigenvalue weighted by Gasteiger charge is -2.32. The largest absolute Gasteiger partial charge is 0.366 e. The Hall–Kier alpha value is -1.11. The molecule has 1 aromatic rings. The Bertz CT molecular complexity index is 502. The monoisotopic (exact) mass is 285 g/mol. The molecule has 1 atom stereocenters. The molecule has 19 heavy (non-hydrogen) atoms. The van der Waals surface area contributed by atoms with Gasteiger partial charge in [0.15, 0.2) is 0 Å². The molecule has 0 radical (unpaired) electrons. The first kappa shape index (κ1) is 15.9. The summed E-state index contributed by atoms with van der Waals surface area (Å²) in [5, 5.41) is 5.28. The minimum atomic E-state index is -3.73. The quantitative estimate of drug-likeness (QED) is 0.790. The standard InChI is InChI=1S/C13H23N3O2S/c1-3-6-11(2)16(10-9-14)12-7-4-5-8-13(12)19(15,17)18/h4-5,7-8,11H,3,6,9-10,14H2,1-2H3,(H2,15,17,18). The predicted molar refractivity (Wildman–Crippen MR) is 78.6 cm³/mol. The third kappa shape index (κ3) is 4.19. The summed E-state index contributed by atoms with van der Waals surface area (Å²) in [5.74, 6) is 0. The van der Waals surface area contributed by atoms with E-state index in [1.165, 1.54) is 6.07 Å². The molecule has 0 saturated carbocycles. The molecule has 108 valence electrons. The van der Waals surface area contributed by atoms with Crippen LogP contribution in [0.1, 0.15) is 26.7 Å². The molecule has 1 unspecified atom stereocenters. The Morgan fingerprint density at radius 2 is 1.95 bits per heavy atom. The van der Waals surface area contributed by atoms with E-state index < -0.39 is 10.0 Å². The van der Waals surface area contributed by atoms with Gasteiger partial charge in [0.05, 0.1) is 5.69 Å². The number of nitrogens with two attached hydrogens (primary N) is 2. The van der Waals surface area contributed by atoms with Gasteiger partial charge < -0.3 is 10.6 Å². The molecule has 0 heterocycles. The molecule has 0 bridgehead atoms. The molecule has 0 aliphatic heterocycles. The molecule has 0 saturated heterocycles. The van der Waals surface area contributed by atoms with Gasteiger partial charge in [0.2, 0.25) is 10.0 Å². The van der Waals surface area contributed by atoms with Crippen LogP contribution in [0, 0.1) is 0 Å². The van der Waals surface area contributed by atoms with Gasteiger partial charge in [0.1, 0.15) is 4.90 Å². The molecule has 5 nitrogen and oxygen atoms in total. The van der Waals surface area contributed by atoms with E-state index in [1.54, 1.807) is 12.1 Å². The first-order valence-corrected chi connectivity index (χ1v) is 8.05. The summed E-state index contributed by atoms with van der Waals surface area (Å²) in [6, 6.07) is 7.02. The average molecular weight is 285 g/mol. The zero-order valence-electron chi connectivity index (χ0n) is 11.5. The maximum Gasteiger partial charge on any atom is 0.240 e. The second kappa shape index (κ2) is 6.88. The molecule has 0 fully saturated rings. The van der Waals surface area contributed by atoms with E-state index >= 15 is 0 Å². The number of anilines is 1. The zero-order chi connectivity index (χ0) is 14.5. The predicted octanol–water partition coefficient (Wildman–Crippen LogP) is 1.29. The van der Waals surface area contributed by atoms with Crippen molar-refractivity contribution < 1.29 is 8.42 Å². The van der Waals surface area contributed by atoms with Crippen molar-refractivity contribution in [2.75, 3.05) is 18.0 Å². The number of para-hydroxylation sites is 1. The number of benzene rings is 1. The third-order valence-corrected chi connectivity index (χ3v) is 4.05. The van der Waals surface area contributed by atoms with Crippen molar-refractivity contribution in [3.8, 4) is 0 Å². The Labute approximate surface area is 115 Å². The van der Waals surface area contributed by atoms with Crippen molar-refractivity contribution >= 4 is 15.7 Å². The highest BCUT2D eigenvalue weighted by molar-refractivity contribution is 7.89. The van der Waals surface area contributed by atoms with Gasteiger partial charge in [0.25, 0.3) is 0 Å². The van der Waals surface area contributed by atoms with Crippen LogP contribution in [0.5, 0.6) is 0 Å². The second-order valence-corrected chi connectivity index (χ2v) is 6.16.